The van der Waals surface area contributed by atoms with Crippen molar-refractivity contribution in [1.29, 1.82) is 0 Å². The number of rotatable bonds is 9. The first-order valence-corrected chi connectivity index (χ1v) is 12.9. The molecular formula is C21H25N3O6S3. The van der Waals surface area contributed by atoms with Crippen molar-refractivity contribution in [1.82, 2.24) is 9.21 Å². The van der Waals surface area contributed by atoms with Crippen molar-refractivity contribution in [2.75, 3.05) is 39.1 Å². The van der Waals surface area contributed by atoms with E-state index in [0.29, 0.717) is 11.3 Å². The van der Waals surface area contributed by atoms with Gasteiger partial charge in [0.25, 0.3) is 10.0 Å². The summed E-state index contributed by atoms with van der Waals surface area (Å²) in [7, 11) is -1.04. The zero-order valence-corrected chi connectivity index (χ0v) is 20.7. The first kappa shape index (κ1) is 25.2. The maximum Gasteiger partial charge on any atom is 0.337 e. The van der Waals surface area contributed by atoms with Crippen LogP contribution in [0.4, 0.5) is 5.69 Å². The normalized spacial score (nSPS) is 18.6. The van der Waals surface area contributed by atoms with Gasteiger partial charge in [0.2, 0.25) is 5.91 Å². The number of ether oxygens (including phenoxy) is 1. The highest BCUT2D eigenvalue weighted by atomic mass is 32.2. The quantitative estimate of drug-likeness (QED) is 0.389. The van der Waals surface area contributed by atoms with Gasteiger partial charge in [0.15, 0.2) is 5.78 Å². The smallest absolute Gasteiger partial charge is 0.337 e. The summed E-state index contributed by atoms with van der Waals surface area (Å²) in [6.07, 6.45) is 0.274. The lowest BCUT2D eigenvalue weighted by molar-refractivity contribution is -0.136. The molecule has 0 bridgehead atoms. The van der Waals surface area contributed by atoms with Crippen LogP contribution in [0, 0.1) is 0 Å². The van der Waals surface area contributed by atoms with Crippen molar-refractivity contribution < 1.29 is 27.5 Å². The Bertz CT molecular complexity index is 1100. The summed E-state index contributed by atoms with van der Waals surface area (Å²) in [5.41, 5.74) is 1.02. The Labute approximate surface area is 202 Å². The fraction of sp³-hybridized carbons (Fsp3) is 0.381. The third kappa shape index (κ3) is 5.94. The minimum absolute atomic E-state index is 0.0355. The van der Waals surface area contributed by atoms with Crippen molar-refractivity contribution in [3.8, 4) is 0 Å². The van der Waals surface area contributed by atoms with Crippen LogP contribution in [-0.2, 0) is 24.3 Å². The fourth-order valence-corrected chi connectivity index (χ4v) is 6.74. The van der Waals surface area contributed by atoms with Gasteiger partial charge >= 0.3 is 5.97 Å². The number of anilines is 1. The molecule has 1 aliphatic rings. The van der Waals surface area contributed by atoms with Gasteiger partial charge in [-0.25, -0.2) is 13.2 Å². The summed E-state index contributed by atoms with van der Waals surface area (Å²) in [6.45, 7) is -0.0797. The summed E-state index contributed by atoms with van der Waals surface area (Å²) >= 11 is 5.49. The maximum atomic E-state index is 13.0. The molecule has 2 unspecified atom stereocenters. The van der Waals surface area contributed by atoms with E-state index in [9.17, 15) is 22.8 Å². The number of amides is 1. The molecule has 2 aromatic rings. The van der Waals surface area contributed by atoms with Crippen LogP contribution in [0.3, 0.4) is 0 Å². The van der Waals surface area contributed by atoms with Crippen LogP contribution in [0.1, 0.15) is 16.8 Å². The van der Waals surface area contributed by atoms with Crippen LogP contribution in [-0.4, -0.2) is 80.4 Å². The van der Waals surface area contributed by atoms with Crippen LogP contribution in [0.25, 0.3) is 0 Å². The predicted molar refractivity (Wildman–Crippen MR) is 128 cm³/mol. The molecule has 178 valence electrons. The molecular weight excluding hydrogens is 486 g/mol. The molecule has 0 radical (unpaired) electrons. The van der Waals surface area contributed by atoms with Crippen molar-refractivity contribution in [2.45, 2.75) is 21.9 Å². The number of sulfonamides is 1. The highest BCUT2D eigenvalue weighted by Crippen LogP contribution is 2.31. The number of thiol groups is 1. The van der Waals surface area contributed by atoms with Gasteiger partial charge in [-0.1, -0.05) is 6.07 Å². The summed E-state index contributed by atoms with van der Waals surface area (Å²) in [6, 6.07) is 8.68. The SMILES string of the molecule is COC(=O)c1ccc(NCC(=O)CN(C)C(=O)C2CC(S)CN2S(=O)(=O)c2cccs2)cc1. The van der Waals surface area contributed by atoms with E-state index in [2.05, 4.69) is 22.7 Å². The highest BCUT2D eigenvalue weighted by Gasteiger charge is 2.44. The fourth-order valence-electron chi connectivity index (χ4n) is 3.50. The molecule has 1 saturated heterocycles. The van der Waals surface area contributed by atoms with Crippen molar-refractivity contribution in [3.05, 3.63) is 47.3 Å². The zero-order valence-electron chi connectivity index (χ0n) is 18.1. The van der Waals surface area contributed by atoms with Gasteiger partial charge in [-0.05, 0) is 42.1 Å². The van der Waals surface area contributed by atoms with E-state index >= 15 is 0 Å². The second-order valence-corrected chi connectivity index (χ2v) is 11.4. The summed E-state index contributed by atoms with van der Waals surface area (Å²) in [5.74, 6) is -1.15. The van der Waals surface area contributed by atoms with Gasteiger partial charge in [-0.3, -0.25) is 9.59 Å². The first-order valence-electron chi connectivity index (χ1n) is 10.1. The number of nitrogens with one attached hydrogen (secondary N) is 1. The molecule has 33 heavy (non-hydrogen) atoms. The van der Waals surface area contributed by atoms with E-state index in [1.54, 1.807) is 35.7 Å². The Morgan fingerprint density at radius 3 is 2.55 bits per heavy atom. The molecule has 3 rings (SSSR count). The molecule has 2 heterocycles. The molecule has 1 aromatic heterocycles. The summed E-state index contributed by atoms with van der Waals surface area (Å²) in [5, 5.41) is 4.34. The Balaban J connectivity index is 1.58. The van der Waals surface area contributed by atoms with Gasteiger partial charge in [0, 0.05) is 24.5 Å². The Morgan fingerprint density at radius 2 is 1.94 bits per heavy atom. The van der Waals surface area contributed by atoms with E-state index in [1.165, 1.54) is 29.4 Å². The van der Waals surface area contributed by atoms with E-state index in [1.807, 2.05) is 0 Å². The molecule has 12 heteroatoms. The number of hydrogen-bond acceptors (Lipinski definition) is 9. The van der Waals surface area contributed by atoms with Gasteiger partial charge in [-0.15, -0.1) is 11.3 Å². The Morgan fingerprint density at radius 1 is 1.24 bits per heavy atom. The largest absolute Gasteiger partial charge is 0.465 e. The Hall–Kier alpha value is -2.41. The van der Waals surface area contributed by atoms with E-state index in [4.69, 9.17) is 0 Å². The van der Waals surface area contributed by atoms with E-state index in [0.717, 1.165) is 11.3 Å². The standard InChI is InChI=1S/C21H25N3O6S3/c1-23(12-16(25)11-22-15-7-5-14(6-8-15)21(27)30-2)20(26)18-10-17(31)13-24(18)33(28,29)19-4-3-9-32-19/h3-9,17-18,22,31H,10-13H2,1-2H3. The van der Waals surface area contributed by atoms with Crippen molar-refractivity contribution in [2.24, 2.45) is 0 Å². The van der Waals surface area contributed by atoms with Crippen LogP contribution in [0.5, 0.6) is 0 Å². The van der Waals surface area contributed by atoms with E-state index < -0.39 is 27.9 Å². The average Bonchev–Trinajstić information content (AvgIpc) is 3.47. The molecule has 0 saturated carbocycles. The third-order valence-electron chi connectivity index (χ3n) is 5.16. The number of nitrogens with zero attached hydrogens (tertiary/aromatic N) is 2. The molecule has 1 aliphatic heterocycles. The lowest BCUT2D eigenvalue weighted by Gasteiger charge is -2.26. The molecule has 0 aliphatic carbocycles. The second kappa shape index (κ2) is 10.7. The van der Waals surface area contributed by atoms with E-state index in [-0.39, 0.29) is 41.3 Å². The van der Waals surface area contributed by atoms with Crippen molar-refractivity contribution >= 4 is 57.3 Å². The molecule has 1 aromatic carbocycles. The van der Waals surface area contributed by atoms with Crippen molar-refractivity contribution in [3.63, 3.8) is 0 Å². The number of carbonyl (C=O) groups is 3. The predicted octanol–water partition coefficient (Wildman–Crippen LogP) is 1.74. The van der Waals surface area contributed by atoms with Gasteiger partial charge in [0.1, 0.15) is 10.3 Å². The van der Waals surface area contributed by atoms with Gasteiger partial charge < -0.3 is 15.0 Å². The average molecular weight is 512 g/mol. The summed E-state index contributed by atoms with van der Waals surface area (Å²) in [4.78, 5) is 38.2. The monoisotopic (exact) mass is 511 g/mol. The molecule has 1 fully saturated rings. The number of ketones is 1. The van der Waals surface area contributed by atoms with Crippen LogP contribution >= 0.6 is 24.0 Å². The molecule has 1 amide bonds. The Kier molecular flexibility index (Phi) is 8.16. The molecule has 0 spiro atoms. The van der Waals surface area contributed by atoms with Gasteiger partial charge in [-0.2, -0.15) is 16.9 Å². The zero-order chi connectivity index (χ0) is 24.2. The number of thiophene rings is 1. The topological polar surface area (TPSA) is 113 Å². The van der Waals surface area contributed by atoms with Crippen LogP contribution in [0.2, 0.25) is 0 Å². The number of likely N-dealkylation sites (N-methyl/N-ethyl adjacent to an activating group) is 1. The lowest BCUT2D eigenvalue weighted by atomic mass is 10.2. The van der Waals surface area contributed by atoms with Crippen LogP contribution < -0.4 is 5.32 Å². The first-order chi connectivity index (χ1) is 15.6. The number of hydrogen-bond donors (Lipinski definition) is 2. The number of benzene rings is 1. The van der Waals surface area contributed by atoms with Gasteiger partial charge in [0.05, 0.1) is 25.8 Å². The maximum absolute atomic E-state index is 13.0. The minimum Gasteiger partial charge on any atom is -0.465 e. The molecule has 1 N–H and O–H groups in total. The third-order valence-corrected chi connectivity index (χ3v) is 8.78. The summed E-state index contributed by atoms with van der Waals surface area (Å²) < 4.78 is 31.9. The number of Topliss-reactive ketones (excluding diaryl/α,β-unsaturated/α-hetero) is 1. The second-order valence-electron chi connectivity index (χ2n) is 7.57. The van der Waals surface area contributed by atoms with Crippen LogP contribution in [0.15, 0.2) is 46.0 Å². The number of methoxy groups -OCH3 is 1. The lowest BCUT2D eigenvalue weighted by Crippen LogP contribution is -2.48. The number of esters is 1. The number of carbonyl (C=O) groups excluding carboxylic acids is 3. The highest BCUT2D eigenvalue weighted by molar-refractivity contribution is 7.91. The minimum atomic E-state index is -3.82. The molecule has 2 atom stereocenters. The molecule has 9 nitrogen and oxygen atoms in total.